The quantitative estimate of drug-likeness (QED) is 0.855. The van der Waals surface area contributed by atoms with E-state index in [1.807, 2.05) is 25.1 Å². The van der Waals surface area contributed by atoms with Crippen LogP contribution >= 0.6 is 15.9 Å². The summed E-state index contributed by atoms with van der Waals surface area (Å²) in [6, 6.07) is 6.16. The minimum atomic E-state index is 0.131. The monoisotopic (exact) mass is 337 g/mol. The molecule has 0 aliphatic rings. The summed E-state index contributed by atoms with van der Waals surface area (Å²) < 4.78 is 6.89. The fourth-order valence-corrected chi connectivity index (χ4v) is 2.55. The second kappa shape index (κ2) is 6.99. The van der Waals surface area contributed by atoms with Crippen LogP contribution in [0.25, 0.3) is 11.5 Å². The maximum absolute atomic E-state index is 5.84. The van der Waals surface area contributed by atoms with Crippen molar-refractivity contribution < 1.29 is 4.42 Å². The third-order valence-electron chi connectivity index (χ3n) is 3.21. The SMILES string of the molecule is CCCNC(CC)c1nnc(-c2ccc(Br)cc2C)o1. The topological polar surface area (TPSA) is 51.0 Å². The molecule has 2 rings (SSSR count). The first-order valence-electron chi connectivity index (χ1n) is 6.99. The van der Waals surface area contributed by atoms with Gasteiger partial charge in [0.15, 0.2) is 0 Å². The molecule has 1 N–H and O–H groups in total. The summed E-state index contributed by atoms with van der Waals surface area (Å²) >= 11 is 3.46. The third kappa shape index (κ3) is 3.46. The molecular formula is C15H20BrN3O. The molecule has 1 atom stereocenters. The van der Waals surface area contributed by atoms with Crippen molar-refractivity contribution in [3.05, 3.63) is 34.1 Å². The van der Waals surface area contributed by atoms with E-state index < -0.39 is 0 Å². The number of nitrogens with one attached hydrogen (secondary N) is 1. The molecule has 0 radical (unpaired) electrons. The molecule has 1 aromatic heterocycles. The van der Waals surface area contributed by atoms with Crippen LogP contribution in [0.4, 0.5) is 0 Å². The Hall–Kier alpha value is -1.20. The van der Waals surface area contributed by atoms with E-state index in [0.717, 1.165) is 35.0 Å². The van der Waals surface area contributed by atoms with E-state index in [4.69, 9.17) is 4.42 Å². The van der Waals surface area contributed by atoms with Gasteiger partial charge in [0.25, 0.3) is 0 Å². The molecule has 0 bridgehead atoms. The zero-order valence-corrected chi connectivity index (χ0v) is 13.7. The van der Waals surface area contributed by atoms with Crippen LogP contribution in [0.2, 0.25) is 0 Å². The van der Waals surface area contributed by atoms with E-state index in [2.05, 4.69) is 45.3 Å². The first-order chi connectivity index (χ1) is 9.65. The van der Waals surface area contributed by atoms with Crippen LogP contribution in [-0.2, 0) is 0 Å². The Morgan fingerprint density at radius 3 is 2.75 bits per heavy atom. The summed E-state index contributed by atoms with van der Waals surface area (Å²) in [6.45, 7) is 7.25. The Morgan fingerprint density at radius 1 is 1.30 bits per heavy atom. The Morgan fingerprint density at radius 2 is 2.10 bits per heavy atom. The van der Waals surface area contributed by atoms with Crippen molar-refractivity contribution in [1.29, 1.82) is 0 Å². The van der Waals surface area contributed by atoms with Gasteiger partial charge in [-0.25, -0.2) is 0 Å². The van der Waals surface area contributed by atoms with E-state index >= 15 is 0 Å². The second-order valence-corrected chi connectivity index (χ2v) is 5.74. The molecular weight excluding hydrogens is 318 g/mol. The van der Waals surface area contributed by atoms with Gasteiger partial charge in [-0.15, -0.1) is 10.2 Å². The minimum absolute atomic E-state index is 0.131. The summed E-state index contributed by atoms with van der Waals surface area (Å²) in [5.41, 5.74) is 2.10. The lowest BCUT2D eigenvalue weighted by molar-refractivity contribution is 0.396. The van der Waals surface area contributed by atoms with Crippen LogP contribution in [0.15, 0.2) is 27.1 Å². The second-order valence-electron chi connectivity index (χ2n) is 4.82. The zero-order chi connectivity index (χ0) is 14.5. The van der Waals surface area contributed by atoms with Gasteiger partial charge in [0, 0.05) is 10.0 Å². The fraction of sp³-hybridized carbons (Fsp3) is 0.467. The molecule has 0 aliphatic heterocycles. The molecule has 0 saturated carbocycles. The summed E-state index contributed by atoms with van der Waals surface area (Å²) in [6.07, 6.45) is 2.02. The lowest BCUT2D eigenvalue weighted by Gasteiger charge is -2.11. The number of halogens is 1. The fourth-order valence-electron chi connectivity index (χ4n) is 2.08. The Bertz CT molecular complexity index is 568. The summed E-state index contributed by atoms with van der Waals surface area (Å²) in [5, 5.41) is 11.8. The van der Waals surface area contributed by atoms with Crippen LogP contribution in [0, 0.1) is 6.92 Å². The van der Waals surface area contributed by atoms with Gasteiger partial charge in [0.2, 0.25) is 11.8 Å². The Kier molecular flexibility index (Phi) is 5.31. The normalized spacial score (nSPS) is 12.6. The highest BCUT2D eigenvalue weighted by Gasteiger charge is 2.17. The van der Waals surface area contributed by atoms with Crippen molar-refractivity contribution in [2.45, 2.75) is 39.7 Å². The molecule has 0 spiro atoms. The highest BCUT2D eigenvalue weighted by Crippen LogP contribution is 2.27. The molecule has 1 aromatic carbocycles. The van der Waals surface area contributed by atoms with Gasteiger partial charge in [-0.05, 0) is 50.1 Å². The molecule has 20 heavy (non-hydrogen) atoms. The largest absolute Gasteiger partial charge is 0.419 e. The summed E-state index contributed by atoms with van der Waals surface area (Å²) in [5.74, 6) is 1.25. The van der Waals surface area contributed by atoms with Gasteiger partial charge in [-0.1, -0.05) is 29.8 Å². The zero-order valence-electron chi connectivity index (χ0n) is 12.1. The lowest BCUT2D eigenvalue weighted by Crippen LogP contribution is -2.21. The molecule has 0 saturated heterocycles. The van der Waals surface area contributed by atoms with Crippen molar-refractivity contribution in [3.8, 4) is 11.5 Å². The number of hydrogen-bond acceptors (Lipinski definition) is 4. The third-order valence-corrected chi connectivity index (χ3v) is 3.70. The predicted molar refractivity (Wildman–Crippen MR) is 83.5 cm³/mol. The molecule has 0 amide bonds. The van der Waals surface area contributed by atoms with Crippen molar-refractivity contribution in [3.63, 3.8) is 0 Å². The Labute approximate surface area is 128 Å². The van der Waals surface area contributed by atoms with Crippen LogP contribution in [0.3, 0.4) is 0 Å². The van der Waals surface area contributed by atoms with Crippen LogP contribution in [0.1, 0.15) is 44.2 Å². The highest BCUT2D eigenvalue weighted by molar-refractivity contribution is 9.10. The van der Waals surface area contributed by atoms with Crippen LogP contribution in [-0.4, -0.2) is 16.7 Å². The summed E-state index contributed by atoms with van der Waals surface area (Å²) in [7, 11) is 0. The van der Waals surface area contributed by atoms with E-state index in [9.17, 15) is 0 Å². The molecule has 1 heterocycles. The average molecular weight is 338 g/mol. The number of aryl methyl sites for hydroxylation is 1. The van der Waals surface area contributed by atoms with Crippen molar-refractivity contribution >= 4 is 15.9 Å². The van der Waals surface area contributed by atoms with Gasteiger partial charge in [0.05, 0.1) is 6.04 Å². The van der Waals surface area contributed by atoms with Gasteiger partial charge in [-0.2, -0.15) is 0 Å². The Balaban J connectivity index is 2.23. The van der Waals surface area contributed by atoms with Gasteiger partial charge in [-0.3, -0.25) is 0 Å². The maximum Gasteiger partial charge on any atom is 0.248 e. The summed E-state index contributed by atoms with van der Waals surface area (Å²) in [4.78, 5) is 0. The number of aromatic nitrogens is 2. The van der Waals surface area contributed by atoms with Gasteiger partial charge in [0.1, 0.15) is 0 Å². The van der Waals surface area contributed by atoms with E-state index in [-0.39, 0.29) is 6.04 Å². The number of rotatable bonds is 6. The number of hydrogen-bond donors (Lipinski definition) is 1. The van der Waals surface area contributed by atoms with Gasteiger partial charge < -0.3 is 9.73 Å². The minimum Gasteiger partial charge on any atom is -0.419 e. The van der Waals surface area contributed by atoms with Crippen LogP contribution < -0.4 is 5.32 Å². The highest BCUT2D eigenvalue weighted by atomic mass is 79.9. The molecule has 5 heteroatoms. The van der Waals surface area contributed by atoms with Crippen molar-refractivity contribution in [1.82, 2.24) is 15.5 Å². The first-order valence-corrected chi connectivity index (χ1v) is 7.78. The van der Waals surface area contributed by atoms with E-state index in [1.165, 1.54) is 0 Å². The molecule has 0 aliphatic carbocycles. The molecule has 0 fully saturated rings. The van der Waals surface area contributed by atoms with Crippen LogP contribution in [0.5, 0.6) is 0 Å². The lowest BCUT2D eigenvalue weighted by atomic mass is 10.1. The smallest absolute Gasteiger partial charge is 0.248 e. The number of nitrogens with zero attached hydrogens (tertiary/aromatic N) is 2. The van der Waals surface area contributed by atoms with Gasteiger partial charge >= 0.3 is 0 Å². The maximum atomic E-state index is 5.84. The number of benzene rings is 1. The predicted octanol–water partition coefficient (Wildman–Crippen LogP) is 4.26. The average Bonchev–Trinajstić information content (AvgIpc) is 2.89. The van der Waals surface area contributed by atoms with Crippen molar-refractivity contribution in [2.75, 3.05) is 6.54 Å². The first kappa shape index (κ1) is 15.2. The molecule has 1 unspecified atom stereocenters. The molecule has 108 valence electrons. The van der Waals surface area contributed by atoms with Crippen molar-refractivity contribution in [2.24, 2.45) is 0 Å². The molecule has 2 aromatic rings. The standard InChI is InChI=1S/C15H20BrN3O/c1-4-8-17-13(5-2)15-19-18-14(20-15)12-7-6-11(16)9-10(12)3/h6-7,9,13,17H,4-5,8H2,1-3H3. The molecule has 4 nitrogen and oxygen atoms in total. The van der Waals surface area contributed by atoms with E-state index in [0.29, 0.717) is 11.8 Å². The van der Waals surface area contributed by atoms with E-state index in [1.54, 1.807) is 0 Å².